The number of benzene rings is 1. The highest BCUT2D eigenvalue weighted by Gasteiger charge is 2.30. The molecule has 0 fully saturated rings. The second-order valence-electron chi connectivity index (χ2n) is 5.93. The second kappa shape index (κ2) is 7.43. The van der Waals surface area contributed by atoms with E-state index < -0.39 is 11.7 Å². The average Bonchev–Trinajstić information content (AvgIpc) is 3.12. The number of aromatic nitrogens is 4. The van der Waals surface area contributed by atoms with Crippen molar-refractivity contribution in [2.75, 3.05) is 5.32 Å². The van der Waals surface area contributed by atoms with Crippen molar-refractivity contribution in [3.8, 4) is 0 Å². The smallest absolute Gasteiger partial charge is 0.308 e. The Morgan fingerprint density at radius 3 is 2.74 bits per heavy atom. The largest absolute Gasteiger partial charge is 0.416 e. The van der Waals surface area contributed by atoms with Gasteiger partial charge in [0.15, 0.2) is 5.82 Å². The third kappa shape index (κ3) is 4.88. The third-order valence-corrected chi connectivity index (χ3v) is 3.94. The van der Waals surface area contributed by atoms with Crippen LogP contribution < -0.4 is 5.32 Å². The Bertz CT molecular complexity index is 964. The summed E-state index contributed by atoms with van der Waals surface area (Å²) >= 11 is 5.74. The van der Waals surface area contributed by atoms with Gasteiger partial charge in [-0.3, -0.25) is 14.2 Å². The number of alkyl halides is 3. The highest BCUT2D eigenvalue weighted by molar-refractivity contribution is 6.30. The fourth-order valence-electron chi connectivity index (χ4n) is 2.50. The van der Waals surface area contributed by atoms with Crippen molar-refractivity contribution >= 4 is 23.3 Å². The Morgan fingerprint density at radius 2 is 2.07 bits per heavy atom. The van der Waals surface area contributed by atoms with E-state index in [1.165, 1.54) is 27.8 Å². The van der Waals surface area contributed by atoms with Crippen LogP contribution in [0.3, 0.4) is 0 Å². The summed E-state index contributed by atoms with van der Waals surface area (Å²) < 4.78 is 41.4. The van der Waals surface area contributed by atoms with Crippen LogP contribution in [0.15, 0.2) is 42.7 Å². The van der Waals surface area contributed by atoms with Crippen LogP contribution in [0.5, 0.6) is 0 Å². The van der Waals surface area contributed by atoms with Crippen molar-refractivity contribution in [2.24, 2.45) is 0 Å². The van der Waals surface area contributed by atoms with Crippen molar-refractivity contribution in [1.29, 1.82) is 0 Å². The summed E-state index contributed by atoms with van der Waals surface area (Å²) in [5, 5.41) is 11.2. The van der Waals surface area contributed by atoms with Gasteiger partial charge in [0.1, 0.15) is 6.54 Å². The van der Waals surface area contributed by atoms with Crippen LogP contribution in [-0.4, -0.2) is 25.5 Å². The summed E-state index contributed by atoms with van der Waals surface area (Å²) in [4.78, 5) is 12.0. The molecule has 1 N–H and O–H groups in total. The summed E-state index contributed by atoms with van der Waals surface area (Å²) in [7, 11) is 0. The third-order valence-electron chi connectivity index (χ3n) is 3.74. The Balaban J connectivity index is 1.68. The first-order valence-electron chi connectivity index (χ1n) is 7.89. The van der Waals surface area contributed by atoms with Crippen LogP contribution in [0.2, 0.25) is 5.02 Å². The van der Waals surface area contributed by atoms with Crippen molar-refractivity contribution in [1.82, 2.24) is 19.6 Å². The fourth-order valence-corrected chi connectivity index (χ4v) is 2.66. The Morgan fingerprint density at radius 1 is 1.30 bits per heavy atom. The number of hydrogen-bond acceptors (Lipinski definition) is 3. The van der Waals surface area contributed by atoms with Crippen LogP contribution in [0, 0.1) is 6.92 Å². The normalized spacial score (nSPS) is 11.6. The molecule has 3 aromatic rings. The van der Waals surface area contributed by atoms with Crippen LogP contribution >= 0.6 is 11.6 Å². The number of nitrogens with zero attached hydrogens (tertiary/aromatic N) is 4. The van der Waals surface area contributed by atoms with Gasteiger partial charge in [-0.25, -0.2) is 0 Å². The highest BCUT2D eigenvalue weighted by atomic mass is 35.5. The minimum atomic E-state index is -4.40. The van der Waals surface area contributed by atoms with Crippen LogP contribution in [-0.2, 0) is 24.1 Å². The maximum atomic E-state index is 12.8. The van der Waals surface area contributed by atoms with Gasteiger partial charge >= 0.3 is 6.18 Å². The lowest BCUT2D eigenvalue weighted by Crippen LogP contribution is -2.19. The molecular weight excluding hydrogens is 383 g/mol. The molecule has 1 aromatic carbocycles. The molecule has 0 saturated heterocycles. The van der Waals surface area contributed by atoms with E-state index in [0.717, 1.165) is 12.1 Å². The predicted octanol–water partition coefficient (Wildman–Crippen LogP) is 3.75. The summed E-state index contributed by atoms with van der Waals surface area (Å²) in [6, 6.07) is 6.69. The van der Waals surface area contributed by atoms with Gasteiger partial charge in [0.05, 0.1) is 23.3 Å². The van der Waals surface area contributed by atoms with Gasteiger partial charge in [0.25, 0.3) is 0 Å². The van der Waals surface area contributed by atoms with Gasteiger partial charge in [-0.1, -0.05) is 23.7 Å². The monoisotopic (exact) mass is 397 g/mol. The molecule has 1 amide bonds. The molecule has 142 valence electrons. The standard InChI is InChI=1S/C17H15ClF3N5O/c1-11-5-15(23-16(27)10-25-9-14(18)7-22-25)24-26(11)8-12-3-2-4-13(6-12)17(19,20)21/h2-7,9H,8,10H2,1H3,(H,23,24,27). The summed E-state index contributed by atoms with van der Waals surface area (Å²) in [5.41, 5.74) is 0.446. The number of aryl methyl sites for hydroxylation is 1. The molecule has 2 aromatic heterocycles. The molecule has 27 heavy (non-hydrogen) atoms. The minimum absolute atomic E-state index is 0.0355. The molecule has 0 aliphatic rings. The zero-order valence-corrected chi connectivity index (χ0v) is 14.9. The number of carbonyl (C=O) groups excluding carboxylic acids is 1. The number of carbonyl (C=O) groups is 1. The quantitative estimate of drug-likeness (QED) is 0.713. The molecule has 0 spiro atoms. The predicted molar refractivity (Wildman–Crippen MR) is 93.4 cm³/mol. The zero-order chi connectivity index (χ0) is 19.6. The lowest BCUT2D eigenvalue weighted by atomic mass is 10.1. The number of rotatable bonds is 5. The van der Waals surface area contributed by atoms with Gasteiger partial charge < -0.3 is 5.32 Å². The summed E-state index contributed by atoms with van der Waals surface area (Å²) in [5.74, 6) is -0.0405. The first kappa shape index (κ1) is 19.0. The number of halogens is 4. The molecule has 6 nitrogen and oxygen atoms in total. The lowest BCUT2D eigenvalue weighted by molar-refractivity contribution is -0.137. The maximum absolute atomic E-state index is 12.8. The van der Waals surface area contributed by atoms with Crippen LogP contribution in [0.4, 0.5) is 19.0 Å². The topological polar surface area (TPSA) is 64.7 Å². The fraction of sp³-hybridized carbons (Fsp3) is 0.235. The zero-order valence-electron chi connectivity index (χ0n) is 14.2. The van der Waals surface area contributed by atoms with E-state index in [2.05, 4.69) is 15.5 Å². The van der Waals surface area contributed by atoms with Gasteiger partial charge in [-0.2, -0.15) is 23.4 Å². The molecule has 0 saturated carbocycles. The molecule has 0 unspecified atom stereocenters. The van der Waals surface area contributed by atoms with Crippen LogP contribution in [0.1, 0.15) is 16.8 Å². The highest BCUT2D eigenvalue weighted by Crippen LogP contribution is 2.29. The van der Waals surface area contributed by atoms with E-state index in [1.54, 1.807) is 19.1 Å². The molecule has 0 aliphatic carbocycles. The first-order chi connectivity index (χ1) is 12.7. The average molecular weight is 398 g/mol. The molecule has 0 radical (unpaired) electrons. The van der Waals surface area contributed by atoms with Gasteiger partial charge in [-0.05, 0) is 24.6 Å². The molecule has 3 rings (SSSR count). The van der Waals surface area contributed by atoms with E-state index in [1.807, 2.05) is 0 Å². The van der Waals surface area contributed by atoms with Gasteiger partial charge in [0.2, 0.25) is 5.91 Å². The minimum Gasteiger partial charge on any atom is -0.308 e. The van der Waals surface area contributed by atoms with E-state index in [0.29, 0.717) is 22.1 Å². The van der Waals surface area contributed by atoms with Crippen molar-refractivity contribution in [2.45, 2.75) is 26.2 Å². The van der Waals surface area contributed by atoms with Crippen molar-refractivity contribution < 1.29 is 18.0 Å². The van der Waals surface area contributed by atoms with Crippen molar-refractivity contribution in [3.63, 3.8) is 0 Å². The molecule has 0 bridgehead atoms. The Labute approximate surface area is 157 Å². The summed E-state index contributed by atoms with van der Waals surface area (Å²) in [6.45, 7) is 1.87. The number of anilines is 1. The molecule has 10 heteroatoms. The Hall–Kier alpha value is -2.81. The Kier molecular flexibility index (Phi) is 5.22. The maximum Gasteiger partial charge on any atom is 0.416 e. The van der Waals surface area contributed by atoms with Gasteiger partial charge in [-0.15, -0.1) is 0 Å². The van der Waals surface area contributed by atoms with E-state index in [-0.39, 0.29) is 19.0 Å². The van der Waals surface area contributed by atoms with E-state index in [4.69, 9.17) is 11.6 Å². The second-order valence-corrected chi connectivity index (χ2v) is 6.37. The number of amides is 1. The molecule has 2 heterocycles. The molecular formula is C17H15ClF3N5O. The number of nitrogens with one attached hydrogen (secondary N) is 1. The van der Waals surface area contributed by atoms with E-state index in [9.17, 15) is 18.0 Å². The van der Waals surface area contributed by atoms with Crippen LogP contribution in [0.25, 0.3) is 0 Å². The first-order valence-corrected chi connectivity index (χ1v) is 8.27. The van der Waals surface area contributed by atoms with Gasteiger partial charge in [0, 0.05) is 18.0 Å². The molecule has 0 atom stereocenters. The lowest BCUT2D eigenvalue weighted by Gasteiger charge is -2.09. The van der Waals surface area contributed by atoms with E-state index >= 15 is 0 Å². The summed E-state index contributed by atoms with van der Waals surface area (Å²) in [6.07, 6.45) is -1.47. The molecule has 0 aliphatic heterocycles. The van der Waals surface area contributed by atoms with Crippen molar-refractivity contribution in [3.05, 3.63) is 64.6 Å². The number of hydrogen-bond donors (Lipinski definition) is 1. The SMILES string of the molecule is Cc1cc(NC(=O)Cn2cc(Cl)cn2)nn1Cc1cccc(C(F)(F)F)c1.